The van der Waals surface area contributed by atoms with Crippen LogP contribution in [0.4, 0.5) is 5.69 Å². The summed E-state index contributed by atoms with van der Waals surface area (Å²) >= 11 is 0. The maximum Gasteiger partial charge on any atom is 0.230 e. The van der Waals surface area contributed by atoms with Crippen molar-refractivity contribution in [2.75, 3.05) is 11.4 Å². The minimum atomic E-state index is 0.267. The number of hydrogen-bond acceptors (Lipinski definition) is 2. The number of rotatable bonds is 1. The predicted molar refractivity (Wildman–Crippen MR) is 72.4 cm³/mol. The van der Waals surface area contributed by atoms with Crippen LogP contribution in [0.25, 0.3) is 0 Å². The lowest BCUT2D eigenvalue weighted by Gasteiger charge is -2.32. The van der Waals surface area contributed by atoms with Gasteiger partial charge < -0.3 is 10.2 Å². The molecule has 1 atom stereocenters. The first kappa shape index (κ1) is 11.7. The summed E-state index contributed by atoms with van der Waals surface area (Å²) in [6.07, 6.45) is 3.35. The summed E-state index contributed by atoms with van der Waals surface area (Å²) in [4.78, 5) is 14.5. The van der Waals surface area contributed by atoms with Crippen LogP contribution in [-0.4, -0.2) is 18.5 Å². The van der Waals surface area contributed by atoms with Gasteiger partial charge in [0.15, 0.2) is 0 Å². The third-order valence-corrected chi connectivity index (χ3v) is 4.10. The van der Waals surface area contributed by atoms with Gasteiger partial charge in [-0.05, 0) is 31.4 Å². The zero-order valence-electron chi connectivity index (χ0n) is 10.9. The lowest BCUT2D eigenvalue weighted by Crippen LogP contribution is -2.44. The van der Waals surface area contributed by atoms with Gasteiger partial charge in [0.1, 0.15) is 0 Å². The van der Waals surface area contributed by atoms with E-state index in [0.29, 0.717) is 11.9 Å². The Bertz CT molecular complexity index is 454. The summed E-state index contributed by atoms with van der Waals surface area (Å²) in [6, 6.07) is 8.60. The Balaban J connectivity index is 1.92. The van der Waals surface area contributed by atoms with Gasteiger partial charge in [-0.1, -0.05) is 24.6 Å². The van der Waals surface area contributed by atoms with Crippen LogP contribution in [0, 0.1) is 5.92 Å². The molecule has 0 radical (unpaired) electrons. The first-order valence-electron chi connectivity index (χ1n) is 6.88. The van der Waals surface area contributed by atoms with Crippen LogP contribution in [0.3, 0.4) is 0 Å². The molecule has 1 N–H and O–H groups in total. The van der Waals surface area contributed by atoms with Crippen LogP contribution in [0.15, 0.2) is 24.3 Å². The number of hydrogen-bond donors (Lipinski definition) is 1. The van der Waals surface area contributed by atoms with Crippen LogP contribution in [0.2, 0.25) is 0 Å². The number of benzene rings is 1. The van der Waals surface area contributed by atoms with Crippen LogP contribution >= 0.6 is 0 Å². The van der Waals surface area contributed by atoms with E-state index in [1.54, 1.807) is 0 Å². The summed E-state index contributed by atoms with van der Waals surface area (Å²) in [5.74, 6) is 0.590. The molecule has 1 aromatic carbocycles. The third kappa shape index (κ3) is 2.03. The van der Waals surface area contributed by atoms with E-state index in [4.69, 9.17) is 0 Å². The molecule has 1 heterocycles. The molecule has 0 bridgehead atoms. The Morgan fingerprint density at radius 3 is 2.83 bits per heavy atom. The van der Waals surface area contributed by atoms with Crippen molar-refractivity contribution in [3.05, 3.63) is 29.8 Å². The molecule has 3 heteroatoms. The highest BCUT2D eigenvalue weighted by Gasteiger charge is 2.32. The number of nitrogens with zero attached hydrogens (tertiary/aromatic N) is 1. The molecule has 1 saturated carbocycles. The van der Waals surface area contributed by atoms with E-state index < -0.39 is 0 Å². The monoisotopic (exact) mass is 244 g/mol. The molecule has 3 nitrogen and oxygen atoms in total. The smallest absolute Gasteiger partial charge is 0.230 e. The second-order valence-electron chi connectivity index (χ2n) is 5.49. The van der Waals surface area contributed by atoms with Crippen molar-refractivity contribution in [1.29, 1.82) is 0 Å². The van der Waals surface area contributed by atoms with Crippen LogP contribution in [0.5, 0.6) is 0 Å². The SMILES string of the molecule is CC1CN(C(=O)C2CCC2)c2ccccc2CN1. The fourth-order valence-corrected chi connectivity index (χ4v) is 2.73. The Hall–Kier alpha value is -1.35. The average Bonchev–Trinajstić information content (AvgIpc) is 2.47. The van der Waals surface area contributed by atoms with Crippen molar-refractivity contribution in [3.8, 4) is 0 Å². The maximum absolute atomic E-state index is 12.5. The van der Waals surface area contributed by atoms with Gasteiger partial charge in [-0.2, -0.15) is 0 Å². The first-order valence-corrected chi connectivity index (χ1v) is 6.88. The lowest BCUT2D eigenvalue weighted by molar-refractivity contribution is -0.124. The largest absolute Gasteiger partial charge is 0.310 e. The molecule has 0 aromatic heterocycles. The van der Waals surface area contributed by atoms with Gasteiger partial charge in [0, 0.05) is 30.7 Å². The second kappa shape index (κ2) is 4.73. The van der Waals surface area contributed by atoms with Crippen molar-refractivity contribution in [3.63, 3.8) is 0 Å². The van der Waals surface area contributed by atoms with E-state index in [2.05, 4.69) is 24.4 Å². The van der Waals surface area contributed by atoms with E-state index in [9.17, 15) is 4.79 Å². The van der Waals surface area contributed by atoms with Crippen molar-refractivity contribution >= 4 is 11.6 Å². The summed E-state index contributed by atoms with van der Waals surface area (Å²) in [5.41, 5.74) is 2.33. The highest BCUT2D eigenvalue weighted by molar-refractivity contribution is 5.96. The fraction of sp³-hybridized carbons (Fsp3) is 0.533. The van der Waals surface area contributed by atoms with Crippen molar-refractivity contribution in [2.24, 2.45) is 5.92 Å². The summed E-state index contributed by atoms with van der Waals surface area (Å²) in [6.45, 7) is 3.78. The summed E-state index contributed by atoms with van der Waals surface area (Å²) < 4.78 is 0. The molecular weight excluding hydrogens is 224 g/mol. The van der Waals surface area contributed by atoms with Crippen molar-refractivity contribution in [1.82, 2.24) is 5.32 Å². The van der Waals surface area contributed by atoms with E-state index >= 15 is 0 Å². The van der Waals surface area contributed by atoms with E-state index in [1.807, 2.05) is 17.0 Å². The molecule has 18 heavy (non-hydrogen) atoms. The fourth-order valence-electron chi connectivity index (χ4n) is 2.73. The van der Waals surface area contributed by atoms with Crippen LogP contribution in [-0.2, 0) is 11.3 Å². The van der Waals surface area contributed by atoms with Gasteiger partial charge in [0.2, 0.25) is 5.91 Å². The number of para-hydroxylation sites is 1. The van der Waals surface area contributed by atoms with Gasteiger partial charge in [0.05, 0.1) is 0 Å². The Kier molecular flexibility index (Phi) is 3.08. The first-order chi connectivity index (χ1) is 8.75. The highest BCUT2D eigenvalue weighted by atomic mass is 16.2. The highest BCUT2D eigenvalue weighted by Crippen LogP contribution is 2.32. The molecule has 96 valence electrons. The molecule has 3 rings (SSSR count). The standard InChI is InChI=1S/C15H20N2O/c1-11-10-17(15(18)12-6-4-7-12)14-8-3-2-5-13(14)9-16-11/h2-3,5,8,11-12,16H,4,6-7,9-10H2,1H3. The molecule has 1 unspecified atom stereocenters. The summed E-state index contributed by atoms with van der Waals surface area (Å²) in [5, 5.41) is 3.47. The number of anilines is 1. The number of carbonyl (C=O) groups excluding carboxylic acids is 1. The quantitative estimate of drug-likeness (QED) is 0.822. The van der Waals surface area contributed by atoms with Gasteiger partial charge in [-0.3, -0.25) is 4.79 Å². The molecule has 1 aliphatic heterocycles. The van der Waals surface area contributed by atoms with Crippen molar-refractivity contribution < 1.29 is 4.79 Å². The van der Waals surface area contributed by atoms with Crippen molar-refractivity contribution in [2.45, 2.75) is 38.8 Å². The summed E-state index contributed by atoms with van der Waals surface area (Å²) in [7, 11) is 0. The van der Waals surface area contributed by atoms with E-state index in [-0.39, 0.29) is 5.92 Å². The number of nitrogens with one attached hydrogen (secondary N) is 1. The van der Waals surface area contributed by atoms with Gasteiger partial charge in [-0.25, -0.2) is 0 Å². The van der Waals surface area contributed by atoms with E-state index in [1.165, 1.54) is 12.0 Å². The molecule has 1 fully saturated rings. The maximum atomic E-state index is 12.5. The average molecular weight is 244 g/mol. The lowest BCUT2D eigenvalue weighted by atomic mass is 9.84. The zero-order valence-corrected chi connectivity index (χ0v) is 10.9. The van der Waals surface area contributed by atoms with Gasteiger partial charge in [0.25, 0.3) is 0 Å². The molecule has 1 amide bonds. The Labute approximate surface area is 108 Å². The van der Waals surface area contributed by atoms with Gasteiger partial charge >= 0.3 is 0 Å². The minimum absolute atomic E-state index is 0.267. The molecule has 1 aliphatic carbocycles. The molecule has 2 aliphatic rings. The second-order valence-corrected chi connectivity index (χ2v) is 5.49. The van der Waals surface area contributed by atoms with Gasteiger partial charge in [-0.15, -0.1) is 0 Å². The molecular formula is C15H20N2O. The molecule has 0 saturated heterocycles. The normalized spacial score (nSPS) is 24.1. The molecule has 1 aromatic rings. The zero-order chi connectivity index (χ0) is 12.5. The predicted octanol–water partition coefficient (Wildman–Crippen LogP) is 2.31. The topological polar surface area (TPSA) is 32.3 Å². The number of carbonyl (C=O) groups is 1. The minimum Gasteiger partial charge on any atom is -0.310 e. The number of fused-ring (bicyclic) bond motifs is 1. The van der Waals surface area contributed by atoms with Crippen LogP contribution < -0.4 is 10.2 Å². The Morgan fingerprint density at radius 1 is 1.33 bits per heavy atom. The Morgan fingerprint density at radius 2 is 2.11 bits per heavy atom. The molecule has 0 spiro atoms. The van der Waals surface area contributed by atoms with Crippen LogP contribution in [0.1, 0.15) is 31.7 Å². The van der Waals surface area contributed by atoms with E-state index in [0.717, 1.165) is 31.6 Å². The third-order valence-electron chi connectivity index (χ3n) is 4.10. The number of amides is 1.